The second kappa shape index (κ2) is 37.5. The first-order chi connectivity index (χ1) is 10.4. The Morgan fingerprint density at radius 3 is 0.360 bits per heavy atom. The summed E-state index contributed by atoms with van der Waals surface area (Å²) in [7, 11) is 0. The molecule has 0 atom stereocenters. The number of aliphatic carboxylic acids is 6. The molecule has 0 aliphatic heterocycles. The molecule has 0 rings (SSSR count). The van der Waals surface area contributed by atoms with Crippen molar-refractivity contribution in [2.75, 3.05) is 0 Å². The third kappa shape index (κ3) is 1140. The van der Waals surface area contributed by atoms with E-state index in [1.807, 2.05) is 0 Å². The molecule has 144 valence electrons. The van der Waals surface area contributed by atoms with Crippen LogP contribution in [0.5, 0.6) is 0 Å². The maximum atomic E-state index is 8.89. The van der Waals surface area contributed by atoms with Crippen molar-refractivity contribution in [1.82, 2.24) is 0 Å². The van der Waals surface area contributed by atoms with Gasteiger partial charge in [0.2, 0.25) is 0 Å². The first-order valence-corrected chi connectivity index (χ1v) is 5.45. The van der Waals surface area contributed by atoms with E-state index < -0.39 is 35.8 Å². The third-order valence-electron chi connectivity index (χ3n) is 0. The van der Waals surface area contributed by atoms with E-state index in [1.54, 1.807) is 0 Å². The summed E-state index contributed by atoms with van der Waals surface area (Å²) in [5.41, 5.74) is 0. The molecule has 0 spiro atoms. The van der Waals surface area contributed by atoms with Crippen molar-refractivity contribution in [2.45, 2.75) is 41.5 Å². The number of rotatable bonds is 0. The van der Waals surface area contributed by atoms with Gasteiger partial charge in [0, 0.05) is 35.8 Å². The number of carbonyl (C=O) groups is 6. The minimum atomic E-state index is -1.08. The van der Waals surface area contributed by atoms with Crippen molar-refractivity contribution in [3.8, 4) is 0 Å². The summed E-state index contributed by atoms with van der Waals surface area (Å²) in [5, 5.41) is 53.3. The predicted molar refractivity (Wildman–Crippen MR) is 64.1 cm³/mol. The minimum Gasteiger partial charge on any atom is -0.550 e. The minimum absolute atomic E-state index is 0. The van der Waals surface area contributed by atoms with Gasteiger partial charge < -0.3 is 59.4 Å². The molecule has 0 heterocycles. The molecule has 0 aromatic heterocycles. The van der Waals surface area contributed by atoms with Gasteiger partial charge in [0.1, 0.15) is 0 Å². The van der Waals surface area contributed by atoms with Crippen LogP contribution >= 0.6 is 0 Å². The molecule has 0 radical (unpaired) electrons. The maximum absolute atomic E-state index is 8.89. The fourth-order valence-corrected chi connectivity index (χ4v) is 0. The van der Waals surface area contributed by atoms with Crippen LogP contribution in [0, 0.1) is 0 Å². The average Bonchev–Trinajstić information content (AvgIpc) is 2.08. The first kappa shape index (κ1) is 43.2. The SMILES string of the molecule is CC(=O)[O-].CC(=O)[O-].CC(=O)[O-].CC(=O)[O-].CC(=O)[O-].CC(=O)[O-].[Cr+6]. The van der Waals surface area contributed by atoms with Crippen LogP contribution in [0.4, 0.5) is 0 Å². The van der Waals surface area contributed by atoms with E-state index in [0.717, 1.165) is 41.5 Å². The van der Waals surface area contributed by atoms with Crippen LogP contribution in [-0.2, 0) is 46.1 Å². The van der Waals surface area contributed by atoms with Crippen LogP contribution < -0.4 is 30.6 Å². The fourth-order valence-electron chi connectivity index (χ4n) is 0. The molecule has 0 aromatic rings. The van der Waals surface area contributed by atoms with E-state index in [4.69, 9.17) is 59.4 Å². The average molecular weight is 406 g/mol. The van der Waals surface area contributed by atoms with Gasteiger partial charge in [-0.2, -0.15) is 0 Å². The van der Waals surface area contributed by atoms with Crippen LogP contribution in [0.25, 0.3) is 0 Å². The van der Waals surface area contributed by atoms with Crippen molar-refractivity contribution in [3.05, 3.63) is 0 Å². The molecule has 0 aliphatic carbocycles. The van der Waals surface area contributed by atoms with Crippen molar-refractivity contribution in [1.29, 1.82) is 0 Å². The zero-order valence-corrected chi connectivity index (χ0v) is 15.6. The summed E-state index contributed by atoms with van der Waals surface area (Å²) in [6.45, 7) is 5.83. The van der Waals surface area contributed by atoms with Gasteiger partial charge in [-0.3, -0.25) is 0 Å². The Labute approximate surface area is 154 Å². The Balaban J connectivity index is -0.0000000309. The standard InChI is InChI=1S/6C2H4O2.Cr/c6*1-2(3)4;/h6*1H3,(H,3,4);/q;;;;;;+6/p-6. The summed E-state index contributed by atoms with van der Waals surface area (Å²) in [6.07, 6.45) is 0. The Kier molecular flexibility index (Phi) is 64.9. The molecule has 0 aliphatic rings. The Bertz CT molecular complexity index is 261. The predicted octanol–water partition coefficient (Wildman–Crippen LogP) is -7.47. The number of carbonyl (C=O) groups excluding carboxylic acids is 6. The van der Waals surface area contributed by atoms with Gasteiger partial charge in [-0.15, -0.1) is 0 Å². The molecule has 13 heteroatoms. The molecule has 0 N–H and O–H groups in total. The van der Waals surface area contributed by atoms with Gasteiger partial charge in [0.25, 0.3) is 0 Å². The van der Waals surface area contributed by atoms with Gasteiger partial charge in [0.05, 0.1) is 0 Å². The molecule has 12 nitrogen and oxygen atoms in total. The molecule has 0 bridgehead atoms. The summed E-state index contributed by atoms with van der Waals surface area (Å²) >= 11 is 0. The summed E-state index contributed by atoms with van der Waals surface area (Å²) in [6, 6.07) is 0. The molecule has 0 unspecified atom stereocenters. The van der Waals surface area contributed by atoms with Crippen molar-refractivity contribution >= 4 is 35.8 Å². The van der Waals surface area contributed by atoms with Crippen molar-refractivity contribution in [3.63, 3.8) is 0 Å². The van der Waals surface area contributed by atoms with Gasteiger partial charge in [0.15, 0.2) is 0 Å². The third-order valence-corrected chi connectivity index (χ3v) is 0. The normalized spacial score (nSPS) is 6.00. The van der Waals surface area contributed by atoms with Crippen LogP contribution in [0.15, 0.2) is 0 Å². The number of carboxylic acids is 6. The Hall–Kier alpha value is -2.65. The summed E-state index contributed by atoms with van der Waals surface area (Å²) in [4.78, 5) is 53.3. The number of hydrogen-bond donors (Lipinski definition) is 0. The van der Waals surface area contributed by atoms with Crippen LogP contribution in [0.3, 0.4) is 0 Å². The fraction of sp³-hybridized carbons (Fsp3) is 0.500. The number of carboxylic acid groups (broad SMARTS) is 6. The van der Waals surface area contributed by atoms with Gasteiger partial charge in [-0.25, -0.2) is 0 Å². The van der Waals surface area contributed by atoms with E-state index in [2.05, 4.69) is 0 Å². The Morgan fingerprint density at radius 1 is 0.360 bits per heavy atom. The maximum Gasteiger partial charge on any atom is 6.00 e. The molecular weight excluding hydrogens is 388 g/mol. The summed E-state index contributed by atoms with van der Waals surface area (Å²) in [5.74, 6) is -6.50. The van der Waals surface area contributed by atoms with Crippen LogP contribution in [0.1, 0.15) is 41.5 Å². The molecule has 0 fully saturated rings. The van der Waals surface area contributed by atoms with Gasteiger partial charge in [-0.1, -0.05) is 0 Å². The van der Waals surface area contributed by atoms with E-state index >= 15 is 0 Å². The van der Waals surface area contributed by atoms with E-state index in [1.165, 1.54) is 0 Å². The molecule has 0 aromatic carbocycles. The molecular formula is C12H18CrO12. The zero-order valence-electron chi connectivity index (χ0n) is 14.3. The van der Waals surface area contributed by atoms with E-state index in [9.17, 15) is 0 Å². The van der Waals surface area contributed by atoms with Crippen LogP contribution in [0.2, 0.25) is 0 Å². The largest absolute Gasteiger partial charge is 6.00 e. The number of hydrogen-bond acceptors (Lipinski definition) is 12. The van der Waals surface area contributed by atoms with Crippen molar-refractivity contribution < 1.29 is 76.8 Å². The molecule has 0 amide bonds. The Morgan fingerprint density at radius 2 is 0.360 bits per heavy atom. The van der Waals surface area contributed by atoms with Gasteiger partial charge in [-0.05, 0) is 41.5 Å². The van der Waals surface area contributed by atoms with E-state index in [-0.39, 0.29) is 17.4 Å². The van der Waals surface area contributed by atoms with Crippen LogP contribution in [-0.4, -0.2) is 35.8 Å². The first-order valence-electron chi connectivity index (χ1n) is 5.45. The quantitative estimate of drug-likeness (QED) is 0.364. The van der Waals surface area contributed by atoms with Crippen molar-refractivity contribution in [2.24, 2.45) is 0 Å². The monoisotopic (exact) mass is 406 g/mol. The topological polar surface area (TPSA) is 241 Å². The van der Waals surface area contributed by atoms with E-state index in [0.29, 0.717) is 0 Å². The smallest absolute Gasteiger partial charge is 0.550 e. The zero-order chi connectivity index (χ0) is 21.5. The summed E-state index contributed by atoms with van der Waals surface area (Å²) < 4.78 is 0. The van der Waals surface area contributed by atoms with Gasteiger partial charge >= 0.3 is 17.4 Å². The second-order valence-electron chi connectivity index (χ2n) is 2.95. The molecule has 25 heavy (non-hydrogen) atoms. The molecule has 0 saturated heterocycles. The molecule has 0 saturated carbocycles. The second-order valence-corrected chi connectivity index (χ2v) is 2.95.